The maximum atomic E-state index is 13.7. The number of hydrogen-bond donors (Lipinski definition) is 0. The molecule has 1 aromatic carbocycles. The van der Waals surface area contributed by atoms with Gasteiger partial charge in [0, 0.05) is 24.7 Å². The van der Waals surface area contributed by atoms with Gasteiger partial charge in [0.05, 0.1) is 35.7 Å². The van der Waals surface area contributed by atoms with E-state index in [0.29, 0.717) is 18.2 Å². The van der Waals surface area contributed by atoms with Crippen LogP contribution in [0.2, 0.25) is 10.0 Å². The van der Waals surface area contributed by atoms with E-state index in [4.69, 9.17) is 27.9 Å². The third-order valence-electron chi connectivity index (χ3n) is 4.50. The standard InChI is InChI=1S/C15H15Cl2FN4O/c16-11-4-12(17)13(18)3-9(11)6-21-2-1-14-15(7-21)23-8-10-5-19-20-22(10)14/h3-5,14-15H,1-2,6-8H2/t14-,15-/m0/s1. The molecule has 4 rings (SSSR count). The minimum absolute atomic E-state index is 0.0479. The first-order valence-corrected chi connectivity index (χ1v) is 8.24. The lowest BCUT2D eigenvalue weighted by Crippen LogP contribution is -2.48. The van der Waals surface area contributed by atoms with E-state index in [0.717, 1.165) is 30.8 Å². The van der Waals surface area contributed by atoms with Crippen LogP contribution in [0.1, 0.15) is 23.7 Å². The van der Waals surface area contributed by atoms with Gasteiger partial charge < -0.3 is 4.74 Å². The first kappa shape index (κ1) is 15.3. The largest absolute Gasteiger partial charge is 0.368 e. The van der Waals surface area contributed by atoms with Crippen molar-refractivity contribution in [2.75, 3.05) is 13.1 Å². The summed E-state index contributed by atoms with van der Waals surface area (Å²) in [4.78, 5) is 2.22. The molecule has 0 radical (unpaired) electrons. The summed E-state index contributed by atoms with van der Waals surface area (Å²) in [6, 6.07) is 3.09. The van der Waals surface area contributed by atoms with E-state index >= 15 is 0 Å². The maximum Gasteiger partial charge on any atom is 0.142 e. The third-order valence-corrected chi connectivity index (χ3v) is 5.14. The summed E-state index contributed by atoms with van der Waals surface area (Å²) in [6.45, 7) is 2.72. The second-order valence-electron chi connectivity index (χ2n) is 5.97. The summed E-state index contributed by atoms with van der Waals surface area (Å²) >= 11 is 11.9. The lowest BCUT2D eigenvalue weighted by Gasteiger charge is -2.41. The van der Waals surface area contributed by atoms with Crippen LogP contribution in [0.3, 0.4) is 0 Å². The second kappa shape index (κ2) is 6.02. The molecule has 23 heavy (non-hydrogen) atoms. The highest BCUT2D eigenvalue weighted by molar-refractivity contribution is 6.35. The van der Waals surface area contributed by atoms with Crippen LogP contribution >= 0.6 is 23.2 Å². The Hall–Kier alpha value is -1.21. The van der Waals surface area contributed by atoms with E-state index in [2.05, 4.69) is 15.2 Å². The van der Waals surface area contributed by atoms with E-state index in [1.807, 2.05) is 4.68 Å². The van der Waals surface area contributed by atoms with Gasteiger partial charge in [-0.3, -0.25) is 4.90 Å². The normalized spacial score (nSPS) is 24.3. The van der Waals surface area contributed by atoms with Gasteiger partial charge in [0.2, 0.25) is 0 Å². The molecule has 3 heterocycles. The van der Waals surface area contributed by atoms with Crippen molar-refractivity contribution in [3.63, 3.8) is 0 Å². The van der Waals surface area contributed by atoms with E-state index in [-0.39, 0.29) is 17.2 Å². The SMILES string of the molecule is Fc1cc(CN2CC[C@H]3[C@H](C2)OCc2cnnn23)c(Cl)cc1Cl. The predicted octanol–water partition coefficient (Wildman–Crippen LogP) is 3.07. The Bertz CT molecular complexity index is 738. The maximum absolute atomic E-state index is 13.7. The van der Waals surface area contributed by atoms with Crippen LogP contribution in [0.25, 0.3) is 0 Å². The van der Waals surface area contributed by atoms with Gasteiger partial charge in [-0.2, -0.15) is 0 Å². The topological polar surface area (TPSA) is 43.2 Å². The fourth-order valence-corrected chi connectivity index (χ4v) is 3.76. The Balaban J connectivity index is 1.49. The smallest absolute Gasteiger partial charge is 0.142 e. The molecule has 0 unspecified atom stereocenters. The quantitative estimate of drug-likeness (QED) is 0.775. The molecule has 5 nitrogen and oxygen atoms in total. The van der Waals surface area contributed by atoms with Crippen LogP contribution in [-0.2, 0) is 17.9 Å². The molecule has 0 N–H and O–H groups in total. The Morgan fingerprint density at radius 1 is 1.30 bits per heavy atom. The van der Waals surface area contributed by atoms with Crippen LogP contribution in [0.4, 0.5) is 4.39 Å². The molecular weight excluding hydrogens is 342 g/mol. The summed E-state index contributed by atoms with van der Waals surface area (Å²) in [5, 5.41) is 8.66. The molecule has 1 aromatic heterocycles. The van der Waals surface area contributed by atoms with E-state index in [1.54, 1.807) is 6.20 Å². The first-order chi connectivity index (χ1) is 11.1. The molecular formula is C15H15Cl2FN4O. The van der Waals surface area contributed by atoms with Gasteiger partial charge in [0.15, 0.2) is 0 Å². The molecule has 0 saturated carbocycles. The summed E-state index contributed by atoms with van der Waals surface area (Å²) < 4.78 is 21.6. The van der Waals surface area contributed by atoms with Crippen molar-refractivity contribution in [2.24, 2.45) is 0 Å². The molecule has 8 heteroatoms. The highest BCUT2D eigenvalue weighted by Gasteiger charge is 2.36. The van der Waals surface area contributed by atoms with Gasteiger partial charge in [0.25, 0.3) is 0 Å². The number of piperidine rings is 1. The van der Waals surface area contributed by atoms with E-state index < -0.39 is 5.82 Å². The molecule has 0 aliphatic carbocycles. The van der Waals surface area contributed by atoms with Crippen molar-refractivity contribution in [1.29, 1.82) is 0 Å². The van der Waals surface area contributed by atoms with Crippen LogP contribution in [-0.4, -0.2) is 39.1 Å². The van der Waals surface area contributed by atoms with Crippen LogP contribution < -0.4 is 0 Å². The van der Waals surface area contributed by atoms with E-state index in [1.165, 1.54) is 12.1 Å². The highest BCUT2D eigenvalue weighted by Crippen LogP contribution is 2.32. The average molecular weight is 357 g/mol. The summed E-state index contributed by atoms with van der Waals surface area (Å²) in [6.07, 6.45) is 2.72. The fourth-order valence-electron chi connectivity index (χ4n) is 3.32. The zero-order valence-electron chi connectivity index (χ0n) is 12.3. The average Bonchev–Trinajstić information content (AvgIpc) is 3.01. The molecule has 1 fully saturated rings. The molecule has 0 spiro atoms. The van der Waals surface area contributed by atoms with Gasteiger partial charge in [-0.15, -0.1) is 5.10 Å². The molecule has 2 aromatic rings. The zero-order valence-corrected chi connectivity index (χ0v) is 13.8. The Kier molecular flexibility index (Phi) is 4.01. The molecule has 2 atom stereocenters. The molecule has 2 aliphatic heterocycles. The van der Waals surface area contributed by atoms with Crippen LogP contribution in [0.15, 0.2) is 18.3 Å². The van der Waals surface area contributed by atoms with Gasteiger partial charge in [-0.25, -0.2) is 9.07 Å². The Morgan fingerprint density at radius 3 is 3.04 bits per heavy atom. The summed E-state index contributed by atoms with van der Waals surface area (Å²) in [7, 11) is 0. The highest BCUT2D eigenvalue weighted by atomic mass is 35.5. The number of ether oxygens (including phenoxy) is 1. The van der Waals surface area contributed by atoms with E-state index in [9.17, 15) is 4.39 Å². The van der Waals surface area contributed by atoms with Crippen molar-refractivity contribution >= 4 is 23.2 Å². The number of benzene rings is 1. The first-order valence-electron chi connectivity index (χ1n) is 7.48. The van der Waals surface area contributed by atoms with Crippen LogP contribution in [0, 0.1) is 5.82 Å². The number of nitrogens with zero attached hydrogens (tertiary/aromatic N) is 4. The third kappa shape index (κ3) is 2.85. The molecule has 0 bridgehead atoms. The number of halogens is 3. The number of fused-ring (bicyclic) bond motifs is 3. The monoisotopic (exact) mass is 356 g/mol. The van der Waals surface area contributed by atoms with Crippen LogP contribution in [0.5, 0.6) is 0 Å². The molecule has 2 aliphatic rings. The fraction of sp³-hybridized carbons (Fsp3) is 0.467. The Morgan fingerprint density at radius 2 is 2.17 bits per heavy atom. The van der Waals surface area contributed by atoms with Crippen molar-refractivity contribution in [3.05, 3.63) is 45.4 Å². The van der Waals surface area contributed by atoms with Gasteiger partial charge >= 0.3 is 0 Å². The number of rotatable bonds is 2. The Labute approximate surface area is 142 Å². The second-order valence-corrected chi connectivity index (χ2v) is 6.78. The molecule has 122 valence electrons. The van der Waals surface area contributed by atoms with Gasteiger partial charge in [-0.05, 0) is 24.1 Å². The van der Waals surface area contributed by atoms with Crippen molar-refractivity contribution in [3.8, 4) is 0 Å². The van der Waals surface area contributed by atoms with Crippen molar-refractivity contribution in [1.82, 2.24) is 19.9 Å². The number of hydrogen-bond acceptors (Lipinski definition) is 4. The van der Waals surface area contributed by atoms with Crippen molar-refractivity contribution in [2.45, 2.75) is 31.7 Å². The summed E-state index contributed by atoms with van der Waals surface area (Å²) in [5.41, 5.74) is 1.76. The molecule has 1 saturated heterocycles. The minimum Gasteiger partial charge on any atom is -0.368 e. The summed E-state index contributed by atoms with van der Waals surface area (Å²) in [5.74, 6) is -0.442. The number of aromatic nitrogens is 3. The van der Waals surface area contributed by atoms with Gasteiger partial charge in [-0.1, -0.05) is 28.4 Å². The molecule has 0 amide bonds. The lowest BCUT2D eigenvalue weighted by molar-refractivity contribution is -0.0704. The van der Waals surface area contributed by atoms with Crippen molar-refractivity contribution < 1.29 is 9.13 Å². The minimum atomic E-state index is -0.442. The van der Waals surface area contributed by atoms with Gasteiger partial charge in [0.1, 0.15) is 5.82 Å². The lowest BCUT2D eigenvalue weighted by atomic mass is 9.99. The predicted molar refractivity (Wildman–Crippen MR) is 84.0 cm³/mol. The zero-order chi connectivity index (χ0) is 16.0. The number of likely N-dealkylation sites (tertiary alicyclic amines) is 1.